The molecule has 4 heteroatoms. The van der Waals surface area contributed by atoms with Crippen molar-refractivity contribution in [1.82, 2.24) is 20.0 Å². The Kier molecular flexibility index (Phi) is 4.36. The Morgan fingerprint density at radius 2 is 2.10 bits per heavy atom. The van der Waals surface area contributed by atoms with Gasteiger partial charge >= 0.3 is 0 Å². The Balaban J connectivity index is 1.80. The SMILES string of the molecule is CCn1nc(C)c(C(C)N(CC2CCCN2)C2CC2)c1C. The summed E-state index contributed by atoms with van der Waals surface area (Å²) in [6.07, 6.45) is 5.42. The second kappa shape index (κ2) is 6.09. The first-order valence-corrected chi connectivity index (χ1v) is 8.64. The molecule has 118 valence electrons. The van der Waals surface area contributed by atoms with Gasteiger partial charge in [0, 0.05) is 42.5 Å². The van der Waals surface area contributed by atoms with Gasteiger partial charge in [0.1, 0.15) is 0 Å². The molecule has 2 aliphatic rings. The molecule has 0 amide bonds. The van der Waals surface area contributed by atoms with E-state index in [2.05, 4.69) is 42.6 Å². The largest absolute Gasteiger partial charge is 0.313 e. The minimum atomic E-state index is 0.486. The van der Waals surface area contributed by atoms with E-state index in [1.807, 2.05) is 0 Å². The summed E-state index contributed by atoms with van der Waals surface area (Å²) >= 11 is 0. The maximum atomic E-state index is 4.72. The van der Waals surface area contributed by atoms with E-state index in [0.29, 0.717) is 12.1 Å². The van der Waals surface area contributed by atoms with Crippen LogP contribution in [0.5, 0.6) is 0 Å². The van der Waals surface area contributed by atoms with Gasteiger partial charge in [-0.15, -0.1) is 0 Å². The number of aromatic nitrogens is 2. The van der Waals surface area contributed by atoms with Gasteiger partial charge in [-0.05, 0) is 59.9 Å². The summed E-state index contributed by atoms with van der Waals surface area (Å²) < 4.78 is 2.15. The van der Waals surface area contributed by atoms with Crippen molar-refractivity contribution in [2.45, 2.75) is 78.0 Å². The summed E-state index contributed by atoms with van der Waals surface area (Å²) in [5.41, 5.74) is 4.03. The van der Waals surface area contributed by atoms with Crippen molar-refractivity contribution in [3.8, 4) is 0 Å². The summed E-state index contributed by atoms with van der Waals surface area (Å²) in [4.78, 5) is 2.74. The Morgan fingerprint density at radius 3 is 2.62 bits per heavy atom. The van der Waals surface area contributed by atoms with Crippen LogP contribution in [-0.2, 0) is 6.54 Å². The third kappa shape index (κ3) is 3.02. The molecule has 0 spiro atoms. The highest BCUT2D eigenvalue weighted by molar-refractivity contribution is 5.28. The summed E-state index contributed by atoms with van der Waals surface area (Å²) in [5.74, 6) is 0. The van der Waals surface area contributed by atoms with E-state index >= 15 is 0 Å². The van der Waals surface area contributed by atoms with Crippen LogP contribution in [0.25, 0.3) is 0 Å². The normalized spacial score (nSPS) is 24.0. The number of rotatable bonds is 6. The quantitative estimate of drug-likeness (QED) is 0.874. The summed E-state index contributed by atoms with van der Waals surface area (Å²) in [6.45, 7) is 12.3. The second-order valence-electron chi connectivity index (χ2n) is 6.80. The molecule has 2 unspecified atom stereocenters. The van der Waals surface area contributed by atoms with Gasteiger partial charge in [-0.1, -0.05) is 0 Å². The van der Waals surface area contributed by atoms with Crippen LogP contribution < -0.4 is 5.32 Å². The molecule has 1 aliphatic heterocycles. The molecule has 2 fully saturated rings. The predicted molar refractivity (Wildman–Crippen MR) is 86.5 cm³/mol. The second-order valence-corrected chi connectivity index (χ2v) is 6.80. The lowest BCUT2D eigenvalue weighted by molar-refractivity contribution is 0.181. The van der Waals surface area contributed by atoms with E-state index in [9.17, 15) is 0 Å². The van der Waals surface area contributed by atoms with Gasteiger partial charge in [-0.2, -0.15) is 5.10 Å². The maximum Gasteiger partial charge on any atom is 0.0644 e. The Labute approximate surface area is 128 Å². The highest BCUT2D eigenvalue weighted by Crippen LogP contribution is 2.36. The van der Waals surface area contributed by atoms with Crippen LogP contribution in [0.1, 0.15) is 62.5 Å². The average Bonchev–Trinajstić information content (AvgIpc) is 3.09. The Bertz CT molecular complexity index is 483. The molecule has 0 aromatic carbocycles. The summed E-state index contributed by atoms with van der Waals surface area (Å²) in [5, 5.41) is 8.38. The van der Waals surface area contributed by atoms with Crippen LogP contribution in [0.15, 0.2) is 0 Å². The first-order valence-electron chi connectivity index (χ1n) is 8.64. The van der Waals surface area contributed by atoms with Crippen LogP contribution in [0.4, 0.5) is 0 Å². The molecule has 1 saturated heterocycles. The Morgan fingerprint density at radius 1 is 1.33 bits per heavy atom. The van der Waals surface area contributed by atoms with Crippen molar-refractivity contribution in [3.63, 3.8) is 0 Å². The molecular formula is C17H30N4. The number of nitrogens with zero attached hydrogens (tertiary/aromatic N) is 3. The fourth-order valence-electron chi connectivity index (χ4n) is 3.99. The molecule has 3 rings (SSSR count). The molecule has 2 heterocycles. The average molecular weight is 290 g/mol. The lowest BCUT2D eigenvalue weighted by atomic mass is 10.0. The van der Waals surface area contributed by atoms with Crippen molar-refractivity contribution in [1.29, 1.82) is 0 Å². The van der Waals surface area contributed by atoms with E-state index in [0.717, 1.165) is 12.6 Å². The molecular weight excluding hydrogens is 260 g/mol. The fraction of sp³-hybridized carbons (Fsp3) is 0.824. The highest BCUT2D eigenvalue weighted by Gasteiger charge is 2.36. The van der Waals surface area contributed by atoms with E-state index < -0.39 is 0 Å². The van der Waals surface area contributed by atoms with Gasteiger partial charge in [0.15, 0.2) is 0 Å². The van der Waals surface area contributed by atoms with Gasteiger partial charge in [0.05, 0.1) is 5.69 Å². The van der Waals surface area contributed by atoms with Crippen molar-refractivity contribution >= 4 is 0 Å². The first-order chi connectivity index (χ1) is 10.1. The van der Waals surface area contributed by atoms with E-state index in [-0.39, 0.29) is 0 Å². The molecule has 1 N–H and O–H groups in total. The van der Waals surface area contributed by atoms with E-state index in [1.165, 1.54) is 55.7 Å². The van der Waals surface area contributed by atoms with Crippen LogP contribution in [-0.4, -0.2) is 39.9 Å². The fourth-order valence-corrected chi connectivity index (χ4v) is 3.99. The van der Waals surface area contributed by atoms with Gasteiger partial charge < -0.3 is 5.32 Å². The molecule has 0 bridgehead atoms. The van der Waals surface area contributed by atoms with Crippen LogP contribution in [0.2, 0.25) is 0 Å². The van der Waals surface area contributed by atoms with Gasteiger partial charge in [0.25, 0.3) is 0 Å². The third-order valence-electron chi connectivity index (χ3n) is 5.26. The number of aryl methyl sites for hydroxylation is 2. The van der Waals surface area contributed by atoms with Crippen LogP contribution >= 0.6 is 0 Å². The summed E-state index contributed by atoms with van der Waals surface area (Å²) in [7, 11) is 0. The number of hydrogen-bond acceptors (Lipinski definition) is 3. The van der Waals surface area contributed by atoms with Crippen molar-refractivity contribution in [2.75, 3.05) is 13.1 Å². The van der Waals surface area contributed by atoms with Crippen molar-refractivity contribution in [3.05, 3.63) is 17.0 Å². The maximum absolute atomic E-state index is 4.72. The number of nitrogens with one attached hydrogen (secondary N) is 1. The van der Waals surface area contributed by atoms with Gasteiger partial charge in [0.2, 0.25) is 0 Å². The minimum Gasteiger partial charge on any atom is -0.313 e. The van der Waals surface area contributed by atoms with Crippen LogP contribution in [0.3, 0.4) is 0 Å². The molecule has 1 saturated carbocycles. The molecule has 2 atom stereocenters. The minimum absolute atomic E-state index is 0.486. The summed E-state index contributed by atoms with van der Waals surface area (Å²) in [6, 6.07) is 1.97. The van der Waals surface area contributed by atoms with Crippen molar-refractivity contribution < 1.29 is 0 Å². The lowest BCUT2D eigenvalue weighted by Crippen LogP contribution is -2.40. The molecule has 1 aromatic rings. The predicted octanol–water partition coefficient (Wildman–Crippen LogP) is 2.80. The standard InChI is InChI=1S/C17H30N4/c1-5-21-14(4)17(12(2)19-21)13(3)20(16-8-9-16)11-15-7-6-10-18-15/h13,15-16,18H,5-11H2,1-4H3. The van der Waals surface area contributed by atoms with Crippen molar-refractivity contribution in [2.24, 2.45) is 0 Å². The molecule has 1 aliphatic carbocycles. The van der Waals surface area contributed by atoms with Crippen LogP contribution in [0, 0.1) is 13.8 Å². The highest BCUT2D eigenvalue weighted by atomic mass is 15.3. The zero-order valence-corrected chi connectivity index (χ0v) is 14.0. The molecule has 21 heavy (non-hydrogen) atoms. The van der Waals surface area contributed by atoms with E-state index in [4.69, 9.17) is 5.10 Å². The topological polar surface area (TPSA) is 33.1 Å². The third-order valence-corrected chi connectivity index (χ3v) is 5.26. The zero-order chi connectivity index (χ0) is 15.0. The Hall–Kier alpha value is -0.870. The lowest BCUT2D eigenvalue weighted by Gasteiger charge is -2.32. The molecule has 1 aromatic heterocycles. The first kappa shape index (κ1) is 15.0. The molecule has 4 nitrogen and oxygen atoms in total. The van der Waals surface area contributed by atoms with Gasteiger partial charge in [-0.3, -0.25) is 9.58 Å². The van der Waals surface area contributed by atoms with E-state index in [1.54, 1.807) is 0 Å². The van der Waals surface area contributed by atoms with Gasteiger partial charge in [-0.25, -0.2) is 0 Å². The monoisotopic (exact) mass is 290 g/mol. The zero-order valence-electron chi connectivity index (χ0n) is 14.0. The molecule has 0 radical (unpaired) electrons. The smallest absolute Gasteiger partial charge is 0.0644 e. The number of hydrogen-bond donors (Lipinski definition) is 1.